The maximum atomic E-state index is 12.4. The number of esters is 1. The van der Waals surface area contributed by atoms with Crippen molar-refractivity contribution in [3.8, 4) is 0 Å². The summed E-state index contributed by atoms with van der Waals surface area (Å²) in [5, 5.41) is 4.24. The molecule has 3 heterocycles. The van der Waals surface area contributed by atoms with Crippen LogP contribution >= 0.6 is 11.3 Å². The Labute approximate surface area is 172 Å². The molecule has 150 valence electrons. The number of H-pyrrole nitrogens is 1. The van der Waals surface area contributed by atoms with Gasteiger partial charge in [-0.05, 0) is 30.5 Å². The van der Waals surface area contributed by atoms with Crippen LogP contribution in [0.5, 0.6) is 0 Å². The highest BCUT2D eigenvalue weighted by atomic mass is 32.1. The zero-order chi connectivity index (χ0) is 20.4. The van der Waals surface area contributed by atoms with E-state index in [4.69, 9.17) is 4.74 Å². The van der Waals surface area contributed by atoms with Gasteiger partial charge in [0.1, 0.15) is 27.7 Å². The summed E-state index contributed by atoms with van der Waals surface area (Å²) in [5.41, 5.74) is 2.85. The number of para-hydroxylation sites is 2. The zero-order valence-electron chi connectivity index (χ0n) is 16.7. The topological polar surface area (TPSA) is 92.8 Å². The molecule has 0 fully saturated rings. The summed E-state index contributed by atoms with van der Waals surface area (Å²) in [7, 11) is 0. The molecule has 0 radical (unpaired) electrons. The second kappa shape index (κ2) is 8.16. The highest BCUT2D eigenvalue weighted by Gasteiger charge is 2.20. The highest BCUT2D eigenvalue weighted by Crippen LogP contribution is 2.33. The second-order valence-corrected chi connectivity index (χ2v) is 8.33. The molecule has 8 heteroatoms. The Morgan fingerprint density at radius 2 is 2.10 bits per heavy atom. The molecule has 0 unspecified atom stereocenters. The Bertz CT molecular complexity index is 1130. The molecular weight excluding hydrogens is 386 g/mol. The summed E-state index contributed by atoms with van der Waals surface area (Å²) in [6, 6.07) is 7.97. The fourth-order valence-electron chi connectivity index (χ4n) is 3.13. The lowest BCUT2D eigenvalue weighted by atomic mass is 10.2. The number of fused-ring (bicyclic) bond motifs is 2. The van der Waals surface area contributed by atoms with Gasteiger partial charge in [-0.25, -0.2) is 19.7 Å². The molecule has 4 aromatic rings. The second-order valence-electron chi connectivity index (χ2n) is 7.33. The van der Waals surface area contributed by atoms with Crippen molar-refractivity contribution in [3.05, 3.63) is 46.9 Å². The van der Waals surface area contributed by atoms with E-state index in [9.17, 15) is 4.79 Å². The number of anilines is 1. The van der Waals surface area contributed by atoms with E-state index in [1.165, 1.54) is 17.7 Å². The maximum absolute atomic E-state index is 12.4. The lowest BCUT2D eigenvalue weighted by molar-refractivity contribution is 0.0464. The number of carbonyl (C=O) groups is 1. The van der Waals surface area contributed by atoms with E-state index < -0.39 is 0 Å². The number of rotatable bonds is 7. The molecule has 0 aliphatic heterocycles. The van der Waals surface area contributed by atoms with Crippen LogP contribution in [0.15, 0.2) is 30.6 Å². The third-order valence-corrected chi connectivity index (χ3v) is 5.73. The first-order valence-corrected chi connectivity index (χ1v) is 10.4. The minimum Gasteiger partial charge on any atom is -0.461 e. The molecule has 0 spiro atoms. The van der Waals surface area contributed by atoms with Gasteiger partial charge < -0.3 is 15.0 Å². The zero-order valence-corrected chi connectivity index (χ0v) is 17.5. The lowest BCUT2D eigenvalue weighted by Crippen LogP contribution is -2.10. The number of carbonyl (C=O) groups excluding carboxylic acids is 1. The Balaban J connectivity index is 1.50. The summed E-state index contributed by atoms with van der Waals surface area (Å²) in [6.07, 6.45) is 2.25. The first-order chi connectivity index (χ1) is 14.0. The maximum Gasteiger partial charge on any atom is 0.348 e. The van der Waals surface area contributed by atoms with Crippen LogP contribution in [-0.2, 0) is 11.2 Å². The summed E-state index contributed by atoms with van der Waals surface area (Å²) in [6.45, 7) is 7.01. The number of aromatic nitrogens is 4. The summed E-state index contributed by atoms with van der Waals surface area (Å²) >= 11 is 1.35. The highest BCUT2D eigenvalue weighted by molar-refractivity contribution is 7.20. The molecule has 0 atom stereocenters. The number of imidazole rings is 1. The van der Waals surface area contributed by atoms with Crippen LogP contribution < -0.4 is 5.32 Å². The van der Waals surface area contributed by atoms with Crippen LogP contribution in [0, 0.1) is 12.8 Å². The monoisotopic (exact) mass is 409 g/mol. The number of nitrogens with zero attached hydrogens (tertiary/aromatic N) is 3. The van der Waals surface area contributed by atoms with Gasteiger partial charge in [0.05, 0.1) is 23.0 Å². The smallest absolute Gasteiger partial charge is 0.348 e. The van der Waals surface area contributed by atoms with Crippen LogP contribution in [0.3, 0.4) is 0 Å². The Hall–Kier alpha value is -3.00. The van der Waals surface area contributed by atoms with E-state index in [0.717, 1.165) is 44.9 Å². The normalized spacial score (nSPS) is 11.4. The first-order valence-electron chi connectivity index (χ1n) is 9.61. The summed E-state index contributed by atoms with van der Waals surface area (Å²) in [4.78, 5) is 30.5. The molecule has 0 amide bonds. The van der Waals surface area contributed by atoms with Crippen molar-refractivity contribution in [2.45, 2.75) is 27.2 Å². The largest absolute Gasteiger partial charge is 0.461 e. The van der Waals surface area contributed by atoms with Crippen molar-refractivity contribution >= 4 is 44.4 Å². The quantitative estimate of drug-likeness (QED) is 0.441. The number of hydrogen-bond acceptors (Lipinski definition) is 7. The summed E-state index contributed by atoms with van der Waals surface area (Å²) in [5.74, 6) is 1.64. The van der Waals surface area contributed by atoms with Gasteiger partial charge in [-0.15, -0.1) is 11.3 Å². The van der Waals surface area contributed by atoms with Crippen LogP contribution in [0.2, 0.25) is 0 Å². The van der Waals surface area contributed by atoms with Crippen molar-refractivity contribution < 1.29 is 9.53 Å². The Kier molecular flexibility index (Phi) is 5.44. The van der Waals surface area contributed by atoms with E-state index in [-0.39, 0.29) is 5.97 Å². The van der Waals surface area contributed by atoms with E-state index in [2.05, 4.69) is 25.3 Å². The molecule has 3 aromatic heterocycles. The number of ether oxygens (including phenoxy) is 1. The van der Waals surface area contributed by atoms with Crippen molar-refractivity contribution in [1.29, 1.82) is 0 Å². The first kappa shape index (κ1) is 19.3. The predicted molar refractivity (Wildman–Crippen MR) is 116 cm³/mol. The van der Waals surface area contributed by atoms with Crippen molar-refractivity contribution in [3.63, 3.8) is 0 Å². The van der Waals surface area contributed by atoms with Gasteiger partial charge >= 0.3 is 5.97 Å². The Morgan fingerprint density at radius 1 is 1.28 bits per heavy atom. The van der Waals surface area contributed by atoms with Gasteiger partial charge in [0.25, 0.3) is 0 Å². The Morgan fingerprint density at radius 3 is 2.90 bits per heavy atom. The molecular formula is C21H23N5O2S. The molecule has 7 nitrogen and oxygen atoms in total. The number of benzene rings is 1. The molecule has 0 saturated carbocycles. The number of nitrogens with one attached hydrogen (secondary N) is 2. The fourth-order valence-corrected chi connectivity index (χ4v) is 4.17. The van der Waals surface area contributed by atoms with Gasteiger partial charge in [-0.2, -0.15) is 0 Å². The molecule has 1 aromatic carbocycles. The molecule has 4 rings (SSSR count). The van der Waals surface area contributed by atoms with E-state index in [0.29, 0.717) is 23.9 Å². The number of aromatic amines is 1. The van der Waals surface area contributed by atoms with Gasteiger partial charge in [0.15, 0.2) is 0 Å². The standard InChI is InChI=1S/C21H23N5O2S/c1-12(2)10-28-21(27)18-13(3)17-19(23-11-24-20(17)29-18)22-9-8-16-25-14-6-4-5-7-15(14)26-16/h4-7,11-12H,8-10H2,1-3H3,(H,25,26)(H,22,23,24). The van der Waals surface area contributed by atoms with E-state index >= 15 is 0 Å². The fraction of sp³-hybridized carbons (Fsp3) is 0.333. The molecule has 29 heavy (non-hydrogen) atoms. The third-order valence-electron chi connectivity index (χ3n) is 4.55. The molecule has 0 saturated heterocycles. The number of hydrogen-bond donors (Lipinski definition) is 2. The molecule has 0 bridgehead atoms. The van der Waals surface area contributed by atoms with Crippen LogP contribution in [0.1, 0.15) is 34.9 Å². The van der Waals surface area contributed by atoms with Gasteiger partial charge in [-0.3, -0.25) is 0 Å². The average molecular weight is 410 g/mol. The third kappa shape index (κ3) is 4.07. The van der Waals surface area contributed by atoms with Gasteiger partial charge in [0.2, 0.25) is 0 Å². The van der Waals surface area contributed by atoms with E-state index in [1.807, 2.05) is 45.0 Å². The van der Waals surface area contributed by atoms with Crippen LogP contribution in [-0.4, -0.2) is 39.1 Å². The van der Waals surface area contributed by atoms with Gasteiger partial charge in [0, 0.05) is 13.0 Å². The SMILES string of the molecule is Cc1c(C(=O)OCC(C)C)sc2ncnc(NCCc3nc4ccccc4[nH]3)c12. The molecule has 2 N–H and O–H groups in total. The van der Waals surface area contributed by atoms with Gasteiger partial charge in [-0.1, -0.05) is 26.0 Å². The lowest BCUT2D eigenvalue weighted by Gasteiger charge is -2.07. The summed E-state index contributed by atoms with van der Waals surface area (Å²) < 4.78 is 5.40. The van der Waals surface area contributed by atoms with Crippen molar-refractivity contribution in [2.24, 2.45) is 5.92 Å². The predicted octanol–water partition coefficient (Wildman–Crippen LogP) is 4.34. The van der Waals surface area contributed by atoms with Crippen LogP contribution in [0.25, 0.3) is 21.3 Å². The van der Waals surface area contributed by atoms with E-state index in [1.54, 1.807) is 0 Å². The minimum atomic E-state index is -0.299. The number of thiophene rings is 1. The molecule has 0 aliphatic rings. The van der Waals surface area contributed by atoms with Crippen LogP contribution in [0.4, 0.5) is 5.82 Å². The minimum absolute atomic E-state index is 0.295. The van der Waals surface area contributed by atoms with Crippen molar-refractivity contribution in [1.82, 2.24) is 19.9 Å². The molecule has 0 aliphatic carbocycles. The van der Waals surface area contributed by atoms with Crippen molar-refractivity contribution in [2.75, 3.05) is 18.5 Å². The number of aryl methyl sites for hydroxylation is 1. The average Bonchev–Trinajstić information content (AvgIpc) is 3.27.